The second kappa shape index (κ2) is 10.6. The van der Waals surface area contributed by atoms with E-state index in [1.54, 1.807) is 11.2 Å². The molecule has 0 radical (unpaired) electrons. The molecule has 0 bridgehead atoms. The van der Waals surface area contributed by atoms with Crippen LogP contribution in [0.1, 0.15) is 30.4 Å². The minimum absolute atomic E-state index is 0.113. The number of aromatic nitrogens is 2. The Bertz CT molecular complexity index is 1410. The molecule has 1 atom stereocenters. The van der Waals surface area contributed by atoms with Crippen molar-refractivity contribution < 1.29 is 14.3 Å². The maximum absolute atomic E-state index is 12.3. The molecule has 2 aliphatic rings. The van der Waals surface area contributed by atoms with Gasteiger partial charge in [0, 0.05) is 31.6 Å². The molecular formula is C28H28N6O3. The number of rotatable bonds is 6. The average Bonchev–Trinajstić information content (AvgIpc) is 2.93. The van der Waals surface area contributed by atoms with Crippen molar-refractivity contribution in [3.63, 3.8) is 0 Å². The largest absolute Gasteiger partial charge is 0.457 e. The Morgan fingerprint density at radius 1 is 1.14 bits per heavy atom. The summed E-state index contributed by atoms with van der Waals surface area (Å²) in [4.78, 5) is 35.6. The van der Waals surface area contributed by atoms with E-state index in [4.69, 9.17) is 15.1 Å². The quantitative estimate of drug-likeness (QED) is 0.402. The molecule has 9 heteroatoms. The van der Waals surface area contributed by atoms with Gasteiger partial charge < -0.3 is 19.5 Å². The third kappa shape index (κ3) is 5.35. The molecule has 2 aromatic carbocycles. The number of amides is 2. The Morgan fingerprint density at radius 2 is 1.89 bits per heavy atom. The van der Waals surface area contributed by atoms with Crippen LogP contribution in [0.5, 0.6) is 11.5 Å². The van der Waals surface area contributed by atoms with Crippen molar-refractivity contribution in [3.8, 4) is 11.5 Å². The highest BCUT2D eigenvalue weighted by molar-refractivity contribution is 6.14. The van der Waals surface area contributed by atoms with Crippen molar-refractivity contribution in [2.24, 2.45) is 4.99 Å². The first-order chi connectivity index (χ1) is 18.0. The predicted molar refractivity (Wildman–Crippen MR) is 140 cm³/mol. The number of carbonyl (C=O) groups excluding carboxylic acids is 2. The highest BCUT2D eigenvalue weighted by Gasteiger charge is 2.25. The molecule has 3 aromatic rings. The van der Waals surface area contributed by atoms with Crippen LogP contribution in [-0.2, 0) is 16.1 Å². The number of para-hydroxylation sites is 1. The van der Waals surface area contributed by atoms with E-state index in [2.05, 4.69) is 16.9 Å². The molecule has 3 heterocycles. The van der Waals surface area contributed by atoms with Gasteiger partial charge in [0.1, 0.15) is 17.3 Å². The number of likely N-dealkylation sites (tertiary alicyclic amines) is 1. The zero-order valence-corrected chi connectivity index (χ0v) is 20.4. The lowest BCUT2D eigenvalue weighted by Gasteiger charge is -2.30. The molecule has 0 saturated carbocycles. The number of piperidine rings is 1. The second-order valence-electron chi connectivity index (χ2n) is 9.01. The number of ether oxygens (including phenoxy) is 1. The van der Waals surface area contributed by atoms with E-state index in [-0.39, 0.29) is 23.6 Å². The van der Waals surface area contributed by atoms with Gasteiger partial charge >= 0.3 is 0 Å². The first kappa shape index (κ1) is 24.2. The first-order valence-electron chi connectivity index (χ1n) is 12.3. The highest BCUT2D eigenvalue weighted by atomic mass is 16.5. The van der Waals surface area contributed by atoms with Gasteiger partial charge in [-0.05, 0) is 55.3 Å². The molecule has 1 fully saturated rings. The van der Waals surface area contributed by atoms with E-state index >= 15 is 0 Å². The summed E-state index contributed by atoms with van der Waals surface area (Å²) in [6.45, 7) is 5.19. The van der Waals surface area contributed by atoms with Crippen LogP contribution in [0.25, 0.3) is 0 Å². The summed E-state index contributed by atoms with van der Waals surface area (Å²) in [5, 5.41) is 12.0. The number of anilines is 1. The average molecular weight is 497 g/mol. The summed E-state index contributed by atoms with van der Waals surface area (Å²) in [5.41, 5.74) is 1.67. The van der Waals surface area contributed by atoms with Gasteiger partial charge in [0.2, 0.25) is 11.8 Å². The summed E-state index contributed by atoms with van der Waals surface area (Å²) in [7, 11) is 0. The molecule has 37 heavy (non-hydrogen) atoms. The molecule has 1 aromatic heterocycles. The highest BCUT2D eigenvalue weighted by Crippen LogP contribution is 2.24. The van der Waals surface area contributed by atoms with Crippen LogP contribution in [0.4, 0.5) is 5.82 Å². The number of carbonyl (C=O) groups is 2. The lowest BCUT2D eigenvalue weighted by Crippen LogP contribution is -2.42. The lowest BCUT2D eigenvalue weighted by atomic mass is 10.0. The second-order valence-corrected chi connectivity index (χ2v) is 9.01. The number of nitrogens with zero attached hydrogens (tertiary/aromatic N) is 4. The van der Waals surface area contributed by atoms with Crippen LogP contribution >= 0.6 is 0 Å². The molecular weight excluding hydrogens is 468 g/mol. The molecule has 0 unspecified atom stereocenters. The third-order valence-corrected chi connectivity index (χ3v) is 6.46. The van der Waals surface area contributed by atoms with Crippen molar-refractivity contribution in [3.05, 3.63) is 90.2 Å². The molecule has 188 valence electrons. The SMILES string of the molecule is C=CC(=O)N1CCC[C@@H](N=c2ncn3c(c2C(=N)c2ccc(Oc4ccccc4)cc2)NC(=O)CC3)C1. The van der Waals surface area contributed by atoms with E-state index in [1.807, 2.05) is 59.2 Å². The molecule has 5 rings (SSSR count). The first-order valence-corrected chi connectivity index (χ1v) is 12.3. The van der Waals surface area contributed by atoms with Gasteiger partial charge in [0.15, 0.2) is 5.49 Å². The topological polar surface area (TPSA) is 113 Å². The van der Waals surface area contributed by atoms with Gasteiger partial charge in [0.05, 0.1) is 23.6 Å². The van der Waals surface area contributed by atoms with Gasteiger partial charge in [-0.3, -0.25) is 20.0 Å². The van der Waals surface area contributed by atoms with E-state index in [0.717, 1.165) is 18.6 Å². The molecule has 0 aliphatic carbocycles. The van der Waals surface area contributed by atoms with Crippen LogP contribution < -0.4 is 15.5 Å². The van der Waals surface area contributed by atoms with Crippen LogP contribution in [0, 0.1) is 5.41 Å². The van der Waals surface area contributed by atoms with E-state index in [9.17, 15) is 9.59 Å². The normalized spacial score (nSPS) is 17.5. The fourth-order valence-corrected chi connectivity index (χ4v) is 4.57. The van der Waals surface area contributed by atoms with Gasteiger partial charge in [0.25, 0.3) is 0 Å². The Labute approximate surface area is 214 Å². The molecule has 9 nitrogen and oxygen atoms in total. The number of fused-ring (bicyclic) bond motifs is 1. The van der Waals surface area contributed by atoms with Crippen molar-refractivity contribution >= 4 is 23.3 Å². The van der Waals surface area contributed by atoms with Gasteiger partial charge in [-0.2, -0.15) is 0 Å². The van der Waals surface area contributed by atoms with Crippen molar-refractivity contribution in [2.75, 3.05) is 18.4 Å². The fraction of sp³-hybridized carbons (Fsp3) is 0.250. The zero-order valence-electron chi connectivity index (χ0n) is 20.4. The summed E-state index contributed by atoms with van der Waals surface area (Å²) in [6.07, 6.45) is 4.93. The molecule has 1 saturated heterocycles. The van der Waals surface area contributed by atoms with Crippen LogP contribution in [0.2, 0.25) is 0 Å². The lowest BCUT2D eigenvalue weighted by molar-refractivity contribution is -0.127. The monoisotopic (exact) mass is 496 g/mol. The molecule has 2 amide bonds. The van der Waals surface area contributed by atoms with Crippen molar-refractivity contribution in [2.45, 2.75) is 31.8 Å². The van der Waals surface area contributed by atoms with Gasteiger partial charge in [-0.15, -0.1) is 0 Å². The Balaban J connectivity index is 1.50. The number of hydrogen-bond acceptors (Lipinski definition) is 6. The summed E-state index contributed by atoms with van der Waals surface area (Å²) < 4.78 is 7.72. The maximum Gasteiger partial charge on any atom is 0.246 e. The smallest absolute Gasteiger partial charge is 0.246 e. The Morgan fingerprint density at radius 3 is 2.65 bits per heavy atom. The van der Waals surface area contributed by atoms with E-state index in [1.165, 1.54) is 6.08 Å². The minimum atomic E-state index is -0.166. The van der Waals surface area contributed by atoms with Gasteiger partial charge in [-0.1, -0.05) is 24.8 Å². The number of nitrogens with one attached hydrogen (secondary N) is 2. The number of benzene rings is 2. The number of aryl methyl sites for hydroxylation is 1. The van der Waals surface area contributed by atoms with Crippen LogP contribution in [0.15, 0.2) is 78.6 Å². The summed E-state index contributed by atoms with van der Waals surface area (Å²) in [6, 6.07) is 16.6. The minimum Gasteiger partial charge on any atom is -0.457 e. The van der Waals surface area contributed by atoms with Gasteiger partial charge in [-0.25, -0.2) is 4.98 Å². The molecule has 0 spiro atoms. The third-order valence-electron chi connectivity index (χ3n) is 6.46. The predicted octanol–water partition coefficient (Wildman–Crippen LogP) is 3.51. The Kier molecular flexibility index (Phi) is 6.93. The number of hydrogen-bond donors (Lipinski definition) is 2. The van der Waals surface area contributed by atoms with E-state index < -0.39 is 0 Å². The van der Waals surface area contributed by atoms with Crippen LogP contribution in [0.3, 0.4) is 0 Å². The van der Waals surface area contributed by atoms with E-state index in [0.29, 0.717) is 54.2 Å². The fourth-order valence-electron chi connectivity index (χ4n) is 4.57. The Hall–Kier alpha value is -4.53. The zero-order chi connectivity index (χ0) is 25.8. The summed E-state index contributed by atoms with van der Waals surface area (Å²) >= 11 is 0. The molecule has 2 N–H and O–H groups in total. The van der Waals surface area contributed by atoms with Crippen molar-refractivity contribution in [1.29, 1.82) is 5.41 Å². The maximum atomic E-state index is 12.3. The van der Waals surface area contributed by atoms with Crippen molar-refractivity contribution in [1.82, 2.24) is 14.5 Å². The summed E-state index contributed by atoms with van der Waals surface area (Å²) in [5.74, 6) is 1.65. The van der Waals surface area contributed by atoms with Crippen LogP contribution in [-0.4, -0.2) is 51.1 Å². The standard InChI is InChI=1S/C28H28N6O3/c1-2-24(36)33-15-6-7-20(17-33)31-27-25(28-32-23(35)14-16-34(28)18-30-27)26(29)19-10-12-22(13-11-19)37-21-8-4-3-5-9-21/h2-5,8-13,18,20,29H,1,6-7,14-17H2,(H,32,35)/t20-/m1/s1. The molecule has 2 aliphatic heterocycles.